The van der Waals surface area contributed by atoms with Gasteiger partial charge < -0.3 is 4.90 Å². The number of halogens is 1. The average Bonchev–Trinajstić information content (AvgIpc) is 3.12. The molecule has 0 aliphatic carbocycles. The van der Waals surface area contributed by atoms with Gasteiger partial charge in [0.2, 0.25) is 10.0 Å². The van der Waals surface area contributed by atoms with E-state index in [4.69, 9.17) is 0 Å². The summed E-state index contributed by atoms with van der Waals surface area (Å²) in [5, 5.41) is 0.808. The quantitative estimate of drug-likeness (QED) is 0.672. The fourth-order valence-corrected chi connectivity index (χ4v) is 5.32. The molecule has 0 atom stereocenters. The Morgan fingerprint density at radius 3 is 2.52 bits per heavy atom. The Morgan fingerprint density at radius 1 is 1.04 bits per heavy atom. The van der Waals surface area contributed by atoms with Gasteiger partial charge in [-0.25, -0.2) is 12.8 Å². The summed E-state index contributed by atoms with van der Waals surface area (Å²) in [6, 6.07) is 12.5. The Labute approximate surface area is 160 Å². The van der Waals surface area contributed by atoms with Crippen molar-refractivity contribution in [3.63, 3.8) is 0 Å². The minimum atomic E-state index is -3.78. The van der Waals surface area contributed by atoms with Crippen LogP contribution in [0.1, 0.15) is 10.5 Å². The third-order valence-electron chi connectivity index (χ3n) is 4.54. The minimum Gasteiger partial charge on any atom is -0.335 e. The molecule has 6 nitrogen and oxygen atoms in total. The number of carbonyl (C=O) groups is 1. The number of aromatic nitrogens is 1. The smallest absolute Gasteiger partial charge is 0.274 e. The van der Waals surface area contributed by atoms with Gasteiger partial charge >= 0.3 is 0 Å². The fraction of sp³-hybridized carbons (Fsp3) is 0.222. The van der Waals surface area contributed by atoms with Crippen molar-refractivity contribution < 1.29 is 17.6 Å². The number of sulfonamides is 1. The molecule has 1 amide bonds. The second-order valence-electron chi connectivity index (χ2n) is 6.18. The molecule has 1 aliphatic heterocycles. The Hall–Kier alpha value is -2.36. The highest BCUT2D eigenvalue weighted by Gasteiger charge is 2.31. The number of rotatable bonds is 3. The largest absolute Gasteiger partial charge is 0.335 e. The lowest BCUT2D eigenvalue weighted by Gasteiger charge is -2.33. The van der Waals surface area contributed by atoms with E-state index in [1.807, 2.05) is 24.3 Å². The van der Waals surface area contributed by atoms with Crippen molar-refractivity contribution in [2.45, 2.75) is 4.90 Å². The summed E-state index contributed by atoms with van der Waals surface area (Å²) in [4.78, 5) is 14.3. The topological polar surface area (TPSA) is 70.6 Å². The number of carbonyl (C=O) groups excluding carboxylic acids is 1. The maximum Gasteiger partial charge on any atom is 0.274 e. The van der Waals surface area contributed by atoms with Gasteiger partial charge in [0.25, 0.3) is 5.91 Å². The van der Waals surface area contributed by atoms with E-state index >= 15 is 0 Å². The summed E-state index contributed by atoms with van der Waals surface area (Å²) < 4.78 is 45.2. The second kappa shape index (κ2) is 6.99. The van der Waals surface area contributed by atoms with Crippen LogP contribution < -0.4 is 0 Å². The predicted molar refractivity (Wildman–Crippen MR) is 101 cm³/mol. The number of benzene rings is 2. The number of hydrogen-bond donors (Lipinski definition) is 0. The summed E-state index contributed by atoms with van der Waals surface area (Å²) in [7, 11) is -3.78. The molecule has 0 N–H and O–H groups in total. The first-order chi connectivity index (χ1) is 13.0. The van der Waals surface area contributed by atoms with E-state index in [-0.39, 0.29) is 37.0 Å². The summed E-state index contributed by atoms with van der Waals surface area (Å²) in [6.07, 6.45) is 0. The molecule has 3 aromatic rings. The third kappa shape index (κ3) is 3.33. The number of nitrogens with zero attached hydrogens (tertiary/aromatic N) is 3. The molecular formula is C18H16FN3O3S2. The standard InChI is InChI=1S/C18H16FN3O3S2/c19-13-4-3-5-14(12-13)27(24,25)22-10-8-21(9-11-22)18(23)17-15-6-1-2-7-16(15)26-20-17/h1-7,12H,8-11H2. The van der Waals surface area contributed by atoms with Gasteiger partial charge in [-0.05, 0) is 35.8 Å². The average molecular weight is 405 g/mol. The van der Waals surface area contributed by atoms with Crippen LogP contribution in [0.15, 0.2) is 53.4 Å². The summed E-state index contributed by atoms with van der Waals surface area (Å²) >= 11 is 1.27. The van der Waals surface area contributed by atoms with Crippen LogP contribution in [-0.4, -0.2) is 54.1 Å². The molecule has 0 bridgehead atoms. The van der Waals surface area contributed by atoms with Crippen LogP contribution in [-0.2, 0) is 10.0 Å². The van der Waals surface area contributed by atoms with E-state index in [0.29, 0.717) is 5.69 Å². The van der Waals surface area contributed by atoms with E-state index in [1.54, 1.807) is 4.90 Å². The normalized spacial score (nSPS) is 16.0. The molecule has 0 spiro atoms. The lowest BCUT2D eigenvalue weighted by atomic mass is 10.2. The van der Waals surface area contributed by atoms with Crippen molar-refractivity contribution in [2.75, 3.05) is 26.2 Å². The van der Waals surface area contributed by atoms with Gasteiger partial charge in [0.15, 0.2) is 0 Å². The van der Waals surface area contributed by atoms with Crippen molar-refractivity contribution in [2.24, 2.45) is 0 Å². The van der Waals surface area contributed by atoms with Gasteiger partial charge in [0.05, 0.1) is 9.60 Å². The van der Waals surface area contributed by atoms with Crippen molar-refractivity contribution in [1.82, 2.24) is 13.6 Å². The lowest BCUT2D eigenvalue weighted by molar-refractivity contribution is 0.0695. The second-order valence-corrected chi connectivity index (χ2v) is 8.92. The van der Waals surface area contributed by atoms with Gasteiger partial charge in [-0.2, -0.15) is 8.68 Å². The van der Waals surface area contributed by atoms with E-state index < -0.39 is 15.8 Å². The number of piperazine rings is 1. The summed E-state index contributed by atoms with van der Waals surface area (Å²) in [5.74, 6) is -0.796. The zero-order chi connectivity index (χ0) is 19.0. The Bertz CT molecular complexity index is 1110. The van der Waals surface area contributed by atoms with Crippen LogP contribution >= 0.6 is 11.5 Å². The molecule has 4 rings (SSSR count). The van der Waals surface area contributed by atoms with Gasteiger partial charge in [-0.1, -0.05) is 24.3 Å². The highest BCUT2D eigenvalue weighted by molar-refractivity contribution is 7.89. The molecule has 0 unspecified atom stereocenters. The summed E-state index contributed by atoms with van der Waals surface area (Å²) in [6.45, 7) is 0.845. The Morgan fingerprint density at radius 2 is 1.78 bits per heavy atom. The Balaban J connectivity index is 1.49. The molecule has 1 fully saturated rings. The molecule has 0 saturated carbocycles. The molecule has 2 heterocycles. The molecule has 140 valence electrons. The maximum atomic E-state index is 13.4. The van der Waals surface area contributed by atoms with E-state index in [0.717, 1.165) is 16.2 Å². The van der Waals surface area contributed by atoms with Crippen molar-refractivity contribution >= 4 is 37.5 Å². The summed E-state index contributed by atoms with van der Waals surface area (Å²) in [5.41, 5.74) is 0.400. The van der Waals surface area contributed by atoms with Gasteiger partial charge in [-0.3, -0.25) is 4.79 Å². The van der Waals surface area contributed by atoms with Gasteiger partial charge in [-0.15, -0.1) is 0 Å². The van der Waals surface area contributed by atoms with Crippen LogP contribution in [0.25, 0.3) is 10.1 Å². The zero-order valence-corrected chi connectivity index (χ0v) is 15.8. The molecule has 1 aromatic heterocycles. The number of amides is 1. The fourth-order valence-electron chi connectivity index (χ4n) is 3.10. The molecule has 0 radical (unpaired) electrons. The van der Waals surface area contributed by atoms with Crippen molar-refractivity contribution in [3.05, 3.63) is 60.0 Å². The lowest BCUT2D eigenvalue weighted by Crippen LogP contribution is -2.50. The van der Waals surface area contributed by atoms with Crippen LogP contribution in [0, 0.1) is 5.82 Å². The van der Waals surface area contributed by atoms with Crippen molar-refractivity contribution in [3.8, 4) is 0 Å². The number of fused-ring (bicyclic) bond motifs is 1. The molecule has 9 heteroatoms. The van der Waals surface area contributed by atoms with Crippen LogP contribution in [0.4, 0.5) is 4.39 Å². The minimum absolute atomic E-state index is 0.0761. The molecule has 2 aromatic carbocycles. The molecule has 1 saturated heterocycles. The first-order valence-corrected chi connectivity index (χ1v) is 10.6. The molecule has 1 aliphatic rings. The van der Waals surface area contributed by atoms with Gasteiger partial charge in [0, 0.05) is 31.6 Å². The highest BCUT2D eigenvalue weighted by Crippen LogP contribution is 2.24. The third-order valence-corrected chi connectivity index (χ3v) is 7.26. The Kier molecular flexibility index (Phi) is 4.67. The van der Waals surface area contributed by atoms with Crippen LogP contribution in [0.2, 0.25) is 0 Å². The van der Waals surface area contributed by atoms with E-state index in [2.05, 4.69) is 4.37 Å². The molecular weight excluding hydrogens is 389 g/mol. The first kappa shape index (κ1) is 18.0. The SMILES string of the molecule is O=C(c1nsc2ccccc12)N1CCN(S(=O)(=O)c2cccc(F)c2)CC1. The molecule has 27 heavy (non-hydrogen) atoms. The van der Waals surface area contributed by atoms with Crippen molar-refractivity contribution in [1.29, 1.82) is 0 Å². The monoisotopic (exact) mass is 405 g/mol. The highest BCUT2D eigenvalue weighted by atomic mass is 32.2. The number of hydrogen-bond acceptors (Lipinski definition) is 5. The predicted octanol–water partition coefficient (Wildman–Crippen LogP) is 2.58. The van der Waals surface area contributed by atoms with Crippen LogP contribution in [0.3, 0.4) is 0 Å². The zero-order valence-electron chi connectivity index (χ0n) is 14.2. The van der Waals surface area contributed by atoms with Gasteiger partial charge in [0.1, 0.15) is 11.5 Å². The maximum absolute atomic E-state index is 13.4. The first-order valence-electron chi connectivity index (χ1n) is 8.36. The van der Waals surface area contributed by atoms with E-state index in [1.165, 1.54) is 34.0 Å². The van der Waals surface area contributed by atoms with Crippen LogP contribution in [0.5, 0.6) is 0 Å². The van der Waals surface area contributed by atoms with E-state index in [9.17, 15) is 17.6 Å².